The first kappa shape index (κ1) is 94.1. The van der Waals surface area contributed by atoms with Crippen LogP contribution in [-0.4, -0.2) is 242 Å². The molecule has 0 aromatic heterocycles. The topological polar surface area (TPSA) is 559 Å². The highest BCUT2D eigenvalue weighted by molar-refractivity contribution is 6.32. The molecule has 6 aromatic rings. The second-order valence-corrected chi connectivity index (χ2v) is 32.8. The highest BCUT2D eigenvalue weighted by Crippen LogP contribution is 2.50. The maximum atomic E-state index is 16.3. The lowest BCUT2D eigenvalue weighted by Crippen LogP contribution is -2.66. The number of likely N-dealkylation sites (N-methyl/N-ethyl adjacent to an activating group) is 1. The lowest BCUT2D eigenvalue weighted by atomic mass is 9.85. The van der Waals surface area contributed by atoms with Crippen molar-refractivity contribution in [2.75, 3.05) is 46.9 Å². The minimum atomic E-state index is -4.88. The summed E-state index contributed by atoms with van der Waals surface area (Å²) in [6.07, 6.45) is -22.9. The van der Waals surface area contributed by atoms with Gasteiger partial charge in [-0.3, -0.25) is 48.0 Å². The van der Waals surface area contributed by atoms with Crippen LogP contribution >= 0.6 is 23.2 Å². The lowest BCUT2D eigenvalue weighted by molar-refractivity contribution is -0.334. The summed E-state index contributed by atoms with van der Waals surface area (Å²) in [6.45, 7) is 7.58. The quantitative estimate of drug-likeness (QED) is 0.0432. The van der Waals surface area contributed by atoms with E-state index in [1.54, 1.807) is 13.8 Å². The number of halogens is 5. The smallest absolute Gasteiger partial charge is 0.508 e. The third kappa shape index (κ3) is 22.0. The molecule has 38 nitrogen and oxygen atoms in total. The second-order valence-electron chi connectivity index (χ2n) is 31.9. The van der Waals surface area contributed by atoms with E-state index in [0.717, 1.165) is 86.0 Å². The number of aliphatic hydroxyl groups is 6. The third-order valence-electron chi connectivity index (χ3n) is 22.4. The van der Waals surface area contributed by atoms with Crippen LogP contribution in [0.5, 0.6) is 51.7 Å². The molecule has 0 saturated carbocycles. The molecule has 0 aliphatic carbocycles. The number of alkyl halides is 3. The van der Waals surface area contributed by atoms with Gasteiger partial charge in [-0.15, -0.1) is 13.2 Å². The largest absolute Gasteiger partial charge is 0.573 e. The van der Waals surface area contributed by atoms with Gasteiger partial charge in [-0.25, -0.2) is 5.48 Å². The van der Waals surface area contributed by atoms with Crippen LogP contribution in [-0.2, 0) is 68.6 Å². The number of amides is 9. The van der Waals surface area contributed by atoms with Gasteiger partial charge in [0, 0.05) is 61.4 Å². The van der Waals surface area contributed by atoms with Gasteiger partial charge < -0.3 is 138 Å². The molecule has 8 heterocycles. The van der Waals surface area contributed by atoms with Crippen LogP contribution in [0.25, 0.3) is 11.1 Å². The number of carbonyl (C=O) groups excluding carboxylic acids is 9. The molecule has 8 aliphatic heterocycles. The standard InChI is InChI=1S/C83H97Cl2F3N12O26/c1-35(2)23-49(90-5)74(112)97-65-67(107)39-10-15-53(47(84)26-39)121-55-28-41-29-56(71(55)125-81-72(70(110)69(109)57(34-101)123-81)124-60-33-82(4,73(111)36(3)120-60)91-19-22-100-20-17-42(18-21-100)92-59(106)24-37-7-12-44(13-8-37)126-83(86,87)88)122-54-16-11-40(27-48(54)85)68(108)66-79(117)96-64(80(118)99-119-6)46-30-43(102)31-52(104)61(46)45-25-38(9-14-51(45)103)62(76(114)98-66)95-77(115)63(41)94-75(113)50(32-58(89)105)93-78(65)116/h7-16,25-31,35-36,42,49-50,57,60,62-70,72-73,81,90-91,101-104,107-111H,17-24,32-34H2,1-6H3,(H2,89,105)(H,92,106)(H,93,116)(H,94,113)(H,95,115)(H,96,117)(H,97,112)(H,98,114)(H,99,118)/t36-,49+,50-,57+,60-,62+,63+,64+,65+,66-,67+,68+,69+,70-,72+,73+,81-,82-/m0/s1. The molecule has 0 spiro atoms. The zero-order valence-corrected chi connectivity index (χ0v) is 70.0. The van der Waals surface area contributed by atoms with Crippen molar-refractivity contribution in [1.29, 1.82) is 0 Å². The zero-order chi connectivity index (χ0) is 91.2. The van der Waals surface area contributed by atoms with E-state index in [4.69, 9.17) is 62.2 Å². The molecule has 11 bridgehead atoms. The number of rotatable bonds is 22. The highest BCUT2D eigenvalue weighted by atomic mass is 35.5. The van der Waals surface area contributed by atoms with E-state index in [1.807, 2.05) is 13.8 Å². The van der Waals surface area contributed by atoms with Crippen molar-refractivity contribution >= 4 is 76.4 Å². The van der Waals surface area contributed by atoms with E-state index in [1.165, 1.54) is 31.3 Å². The van der Waals surface area contributed by atoms with Gasteiger partial charge in [-0.1, -0.05) is 67.4 Å². The molecule has 680 valence electrons. The van der Waals surface area contributed by atoms with Gasteiger partial charge >= 0.3 is 6.36 Å². The van der Waals surface area contributed by atoms with E-state index < -0.39 is 249 Å². The fraction of sp³-hybridized carbons (Fsp3) is 0.458. The lowest BCUT2D eigenvalue weighted by Gasteiger charge is -2.48. The van der Waals surface area contributed by atoms with Gasteiger partial charge in [0.2, 0.25) is 59.3 Å². The highest BCUT2D eigenvalue weighted by Gasteiger charge is 2.53. The maximum Gasteiger partial charge on any atom is 0.573 e. The van der Waals surface area contributed by atoms with Gasteiger partial charge in [0.1, 0.15) is 101 Å². The summed E-state index contributed by atoms with van der Waals surface area (Å²) in [6, 6.07) is 4.39. The summed E-state index contributed by atoms with van der Waals surface area (Å²) >= 11 is 14.4. The number of nitrogens with one attached hydrogen (secondary N) is 10. The molecule has 8 aliphatic rings. The number of carbonyl (C=O) groups is 9. The number of phenolic OH excluding ortho intramolecular Hbond substituents is 3. The average Bonchev–Trinajstić information content (AvgIpc) is 0.764. The van der Waals surface area contributed by atoms with Crippen LogP contribution in [0, 0.1) is 5.92 Å². The zero-order valence-electron chi connectivity index (χ0n) is 68.4. The van der Waals surface area contributed by atoms with Crippen molar-refractivity contribution in [2.24, 2.45) is 11.7 Å². The summed E-state index contributed by atoms with van der Waals surface area (Å²) in [5, 5.41) is 130. The molecule has 6 aromatic carbocycles. The molecular formula is C83H97Cl2F3N12O26. The van der Waals surface area contributed by atoms with Crippen molar-refractivity contribution in [3.63, 3.8) is 0 Å². The molecule has 14 rings (SSSR count). The Balaban J connectivity index is 0.959. The molecule has 3 saturated heterocycles. The Bertz CT molecular complexity index is 5060. The fourth-order valence-electron chi connectivity index (χ4n) is 15.9. The van der Waals surface area contributed by atoms with Crippen LogP contribution in [0.15, 0.2) is 103 Å². The Hall–Kier alpha value is -11.0. The second kappa shape index (κ2) is 39.9. The molecule has 0 radical (unpaired) electrons. The number of ether oxygens (including phenoxy) is 7. The Labute approximate surface area is 727 Å². The molecule has 0 unspecified atom stereocenters. The van der Waals surface area contributed by atoms with Crippen LogP contribution in [0.2, 0.25) is 10.0 Å². The summed E-state index contributed by atoms with van der Waals surface area (Å²) < 4.78 is 81.7. The van der Waals surface area contributed by atoms with E-state index in [2.05, 4.69) is 63.0 Å². The number of hydrogen-bond acceptors (Lipinski definition) is 29. The third-order valence-corrected chi connectivity index (χ3v) is 23.0. The minimum absolute atomic E-state index is 0.0907. The van der Waals surface area contributed by atoms with E-state index in [9.17, 15) is 78.3 Å². The van der Waals surface area contributed by atoms with Crippen LogP contribution in [0.3, 0.4) is 0 Å². The number of nitrogens with zero attached hydrogens (tertiary/aromatic N) is 1. The van der Waals surface area contributed by atoms with Gasteiger partial charge in [-0.2, -0.15) is 0 Å². The van der Waals surface area contributed by atoms with Crippen molar-refractivity contribution in [3.8, 4) is 62.9 Å². The first-order valence-electron chi connectivity index (χ1n) is 40.1. The number of likely N-dealkylation sites (tertiary alicyclic amines) is 1. The summed E-state index contributed by atoms with van der Waals surface area (Å²) in [5.41, 5.74) is 4.41. The first-order valence-corrected chi connectivity index (χ1v) is 40.8. The summed E-state index contributed by atoms with van der Waals surface area (Å²) in [7, 11) is 2.50. The molecule has 21 N–H and O–H groups in total. The summed E-state index contributed by atoms with van der Waals surface area (Å²) in [4.78, 5) is 140. The fourth-order valence-corrected chi connectivity index (χ4v) is 16.3. The van der Waals surface area contributed by atoms with Crippen LogP contribution in [0.1, 0.15) is 124 Å². The number of benzene rings is 6. The number of hydrogen-bond donors (Lipinski definition) is 20. The predicted octanol–water partition coefficient (Wildman–Crippen LogP) is 2.05. The van der Waals surface area contributed by atoms with Crippen molar-refractivity contribution in [1.82, 2.24) is 58.2 Å². The van der Waals surface area contributed by atoms with Crippen LogP contribution < -0.4 is 78.0 Å². The van der Waals surface area contributed by atoms with Crippen molar-refractivity contribution < 1.29 is 140 Å². The predicted molar refractivity (Wildman–Crippen MR) is 435 cm³/mol. The Morgan fingerprint density at radius 1 is 0.714 bits per heavy atom. The van der Waals surface area contributed by atoms with E-state index >= 15 is 24.0 Å². The number of primary amides is 1. The molecular weight excluding hydrogens is 1710 g/mol. The normalized spacial score (nSPS) is 27.0. The van der Waals surface area contributed by atoms with Gasteiger partial charge in [0.25, 0.3) is 5.91 Å². The number of hydroxylamine groups is 1. The number of nitrogens with two attached hydrogens (primary N) is 1. The maximum absolute atomic E-state index is 16.3. The molecule has 18 atom stereocenters. The monoisotopic (exact) mass is 1800 g/mol. The number of aliphatic hydroxyl groups excluding tert-OH is 6. The number of phenols is 3. The van der Waals surface area contributed by atoms with E-state index in [-0.39, 0.29) is 71.1 Å². The van der Waals surface area contributed by atoms with Gasteiger partial charge in [-0.05, 0) is 146 Å². The molecule has 126 heavy (non-hydrogen) atoms. The van der Waals surface area contributed by atoms with Crippen LogP contribution in [0.4, 0.5) is 13.2 Å². The van der Waals surface area contributed by atoms with Crippen molar-refractivity contribution in [3.05, 3.63) is 147 Å². The van der Waals surface area contributed by atoms with Crippen molar-refractivity contribution in [2.45, 2.75) is 188 Å². The SMILES string of the molecule is CN[C@H](CC(C)C)C(=O)N[C@H]1C(=O)N[C@@H](CC(N)=O)C(=O)N[C@H]2C(=O)N[C@H]3C(=O)N[C@H](C(=O)N[C@@H](C(=O)NOC)c4cc(O)cc(O)c4-c4cc3ccc4O)[C@H](O)c3ccc(c(Cl)c3)Oc3cc2cc(c3O[C@@H]2O[C@H](CO)[C@@H](O)[C@H](O)[C@H]2O[C@H]2C[C@](C)(NCCN3CCC(NC(=O)Cc4ccc(OC(F)(F)F)cc4)CC3)[C@H](O)[C@H](C)O2)Oc2ccc(cc2Cl)[C@H]1O. The Morgan fingerprint density at radius 3 is 1.95 bits per heavy atom. The van der Waals surface area contributed by atoms with E-state index in [0.29, 0.717) is 38.0 Å². The minimum Gasteiger partial charge on any atom is -0.508 e. The Morgan fingerprint density at radius 2 is 1.34 bits per heavy atom. The number of aromatic hydroxyl groups is 3. The average molecular weight is 1810 g/mol. The molecule has 43 heteroatoms. The number of piperidine rings is 1. The molecule has 3 fully saturated rings. The number of fused-ring (bicyclic) bond motifs is 15. The summed E-state index contributed by atoms with van der Waals surface area (Å²) in [5.74, 6) is -16.2. The Kier molecular flexibility index (Phi) is 29.8. The van der Waals surface area contributed by atoms with Gasteiger partial charge in [0.05, 0.1) is 54.9 Å². The van der Waals surface area contributed by atoms with Gasteiger partial charge in [0.15, 0.2) is 23.9 Å². The first-order chi connectivity index (χ1) is 59.7. The molecule has 9 amide bonds.